The first-order valence-electron chi connectivity index (χ1n) is 8.97. The lowest BCUT2D eigenvalue weighted by Crippen LogP contribution is -2.42. The third kappa shape index (κ3) is 5.81. The van der Waals surface area contributed by atoms with Gasteiger partial charge in [0, 0.05) is 16.6 Å². The summed E-state index contributed by atoms with van der Waals surface area (Å²) in [6.45, 7) is 13.2. The molecule has 1 saturated carbocycles. The molecule has 0 aromatic rings. The maximum absolute atomic E-state index is 11.9. The number of rotatable bonds is 9. The van der Waals surface area contributed by atoms with Gasteiger partial charge in [-0.1, -0.05) is 45.8 Å². The highest BCUT2D eigenvalue weighted by Crippen LogP contribution is 2.43. The molecule has 0 N–H and O–H groups in total. The molecular formula is C20H32O4. The van der Waals surface area contributed by atoms with E-state index < -0.39 is 0 Å². The Balaban J connectivity index is 2.93. The lowest BCUT2D eigenvalue weighted by atomic mass is 9.67. The van der Waals surface area contributed by atoms with Crippen LogP contribution < -0.4 is 0 Å². The fourth-order valence-electron chi connectivity index (χ4n) is 3.50. The van der Waals surface area contributed by atoms with Crippen LogP contribution in [-0.4, -0.2) is 25.2 Å². The number of hydrogen-bond donors (Lipinski definition) is 0. The molecule has 1 rings (SSSR count). The molecule has 0 aromatic carbocycles. The van der Waals surface area contributed by atoms with Crippen LogP contribution >= 0.6 is 0 Å². The molecule has 0 radical (unpaired) electrons. The normalized spacial score (nSPS) is 15.6. The van der Waals surface area contributed by atoms with Gasteiger partial charge in [-0.15, -0.1) is 0 Å². The van der Waals surface area contributed by atoms with Crippen LogP contribution in [0, 0.1) is 11.3 Å². The summed E-state index contributed by atoms with van der Waals surface area (Å²) in [5.41, 5.74) is 0.469. The lowest BCUT2D eigenvalue weighted by molar-refractivity contribution is -0.154. The largest absolute Gasteiger partial charge is 0.462 e. The van der Waals surface area contributed by atoms with E-state index in [0.29, 0.717) is 17.1 Å². The minimum absolute atomic E-state index is 0.278. The van der Waals surface area contributed by atoms with Crippen LogP contribution in [-0.2, 0) is 19.1 Å². The summed E-state index contributed by atoms with van der Waals surface area (Å²) in [4.78, 5) is 23.8. The molecule has 136 valence electrons. The van der Waals surface area contributed by atoms with Crippen LogP contribution in [0.2, 0.25) is 0 Å². The monoisotopic (exact) mass is 336 g/mol. The Kier molecular flexibility index (Phi) is 8.23. The van der Waals surface area contributed by atoms with Crippen molar-refractivity contribution in [2.45, 2.75) is 65.7 Å². The van der Waals surface area contributed by atoms with Crippen molar-refractivity contribution in [3.8, 4) is 0 Å². The van der Waals surface area contributed by atoms with Crippen LogP contribution in [0.3, 0.4) is 0 Å². The number of ether oxygens (including phenoxy) is 2. The maximum Gasteiger partial charge on any atom is 0.333 e. The van der Waals surface area contributed by atoms with Crippen molar-refractivity contribution in [1.29, 1.82) is 0 Å². The van der Waals surface area contributed by atoms with Gasteiger partial charge < -0.3 is 9.47 Å². The van der Waals surface area contributed by atoms with E-state index in [9.17, 15) is 9.59 Å². The standard InChI is InChI=1S/C20H32O4/c1-6-12-20(13-23-18(21)15(2)3,14-24-19(22)16(4)5)17-10-8-7-9-11-17/h17H,2,4,6-14H2,1,3,5H3. The summed E-state index contributed by atoms with van der Waals surface area (Å²) in [5, 5.41) is 0. The molecule has 0 unspecified atom stereocenters. The van der Waals surface area contributed by atoms with Gasteiger partial charge in [-0.3, -0.25) is 0 Å². The summed E-state index contributed by atoms with van der Waals surface area (Å²) in [6, 6.07) is 0. The van der Waals surface area contributed by atoms with Gasteiger partial charge in [0.1, 0.15) is 13.2 Å². The molecule has 0 aromatic heterocycles. The van der Waals surface area contributed by atoms with Crippen molar-refractivity contribution in [2.75, 3.05) is 13.2 Å². The summed E-state index contributed by atoms with van der Waals surface area (Å²) < 4.78 is 11.0. The van der Waals surface area contributed by atoms with E-state index in [1.54, 1.807) is 13.8 Å². The minimum Gasteiger partial charge on any atom is -0.462 e. The molecule has 4 heteroatoms. The second kappa shape index (κ2) is 9.65. The fraction of sp³-hybridized carbons (Fsp3) is 0.700. The SMILES string of the molecule is C=C(C)C(=O)OCC(CCC)(COC(=O)C(=C)C)C1CCCCC1. The molecule has 1 aliphatic carbocycles. The topological polar surface area (TPSA) is 52.6 Å². The molecule has 1 aliphatic rings. The van der Waals surface area contributed by atoms with Gasteiger partial charge in [0.05, 0.1) is 0 Å². The van der Waals surface area contributed by atoms with Crippen molar-refractivity contribution < 1.29 is 19.1 Å². The quantitative estimate of drug-likeness (QED) is 0.456. The highest BCUT2D eigenvalue weighted by atomic mass is 16.5. The van der Waals surface area contributed by atoms with Gasteiger partial charge in [-0.25, -0.2) is 9.59 Å². The van der Waals surface area contributed by atoms with Crippen molar-refractivity contribution >= 4 is 11.9 Å². The van der Waals surface area contributed by atoms with Crippen molar-refractivity contribution in [3.63, 3.8) is 0 Å². The van der Waals surface area contributed by atoms with Gasteiger partial charge in [0.2, 0.25) is 0 Å². The Labute approximate surface area is 146 Å². The summed E-state index contributed by atoms with van der Waals surface area (Å²) >= 11 is 0. The summed E-state index contributed by atoms with van der Waals surface area (Å²) in [7, 11) is 0. The van der Waals surface area contributed by atoms with Gasteiger partial charge >= 0.3 is 11.9 Å². The highest BCUT2D eigenvalue weighted by molar-refractivity contribution is 5.87. The first kappa shape index (κ1) is 20.5. The molecule has 24 heavy (non-hydrogen) atoms. The van der Waals surface area contributed by atoms with Crippen LogP contribution in [0.25, 0.3) is 0 Å². The Morgan fingerprint density at radius 3 is 1.79 bits per heavy atom. The van der Waals surface area contributed by atoms with Crippen LogP contribution in [0.4, 0.5) is 0 Å². The Morgan fingerprint density at radius 2 is 1.42 bits per heavy atom. The molecule has 0 spiro atoms. The molecule has 0 bridgehead atoms. The first-order chi connectivity index (χ1) is 11.3. The smallest absolute Gasteiger partial charge is 0.333 e. The van der Waals surface area contributed by atoms with E-state index in [1.807, 2.05) is 0 Å². The van der Waals surface area contributed by atoms with Crippen molar-refractivity contribution in [3.05, 3.63) is 24.3 Å². The first-order valence-corrected chi connectivity index (χ1v) is 8.97. The van der Waals surface area contributed by atoms with Crippen molar-refractivity contribution in [2.24, 2.45) is 11.3 Å². The fourth-order valence-corrected chi connectivity index (χ4v) is 3.50. The Bertz CT molecular complexity index is 442. The van der Waals surface area contributed by atoms with E-state index >= 15 is 0 Å². The Morgan fingerprint density at radius 1 is 0.958 bits per heavy atom. The third-order valence-corrected chi connectivity index (χ3v) is 4.90. The molecular weight excluding hydrogens is 304 g/mol. The molecule has 0 aliphatic heterocycles. The second-order valence-corrected chi connectivity index (χ2v) is 7.16. The predicted molar refractivity (Wildman–Crippen MR) is 95.5 cm³/mol. The number of esters is 2. The second-order valence-electron chi connectivity index (χ2n) is 7.16. The summed E-state index contributed by atoms with van der Waals surface area (Å²) in [6.07, 6.45) is 7.61. The average Bonchev–Trinajstić information content (AvgIpc) is 2.57. The summed E-state index contributed by atoms with van der Waals surface area (Å²) in [5.74, 6) is -0.350. The average molecular weight is 336 g/mol. The number of carbonyl (C=O) groups is 2. The molecule has 1 fully saturated rings. The van der Waals surface area contributed by atoms with Crippen LogP contribution in [0.1, 0.15) is 65.7 Å². The minimum atomic E-state index is -0.377. The molecule has 0 amide bonds. The van der Waals surface area contributed by atoms with Gasteiger partial charge in [-0.2, -0.15) is 0 Å². The number of hydrogen-bond acceptors (Lipinski definition) is 4. The lowest BCUT2D eigenvalue weighted by Gasteiger charge is -2.41. The molecule has 4 nitrogen and oxygen atoms in total. The van der Waals surface area contributed by atoms with E-state index in [-0.39, 0.29) is 30.6 Å². The van der Waals surface area contributed by atoms with E-state index in [2.05, 4.69) is 20.1 Å². The van der Waals surface area contributed by atoms with Crippen molar-refractivity contribution in [1.82, 2.24) is 0 Å². The van der Waals surface area contributed by atoms with E-state index in [1.165, 1.54) is 19.3 Å². The molecule has 0 heterocycles. The zero-order valence-electron chi connectivity index (χ0n) is 15.5. The van der Waals surface area contributed by atoms with Crippen LogP contribution in [0.5, 0.6) is 0 Å². The maximum atomic E-state index is 11.9. The number of carbonyl (C=O) groups excluding carboxylic acids is 2. The van der Waals surface area contributed by atoms with Crippen LogP contribution in [0.15, 0.2) is 24.3 Å². The zero-order valence-corrected chi connectivity index (χ0v) is 15.5. The third-order valence-electron chi connectivity index (χ3n) is 4.90. The van der Waals surface area contributed by atoms with Gasteiger partial charge in [0.15, 0.2) is 0 Å². The van der Waals surface area contributed by atoms with Gasteiger partial charge in [-0.05, 0) is 39.0 Å². The Hall–Kier alpha value is -1.58. The zero-order chi connectivity index (χ0) is 18.2. The predicted octanol–water partition coefficient (Wildman–Crippen LogP) is 4.59. The van der Waals surface area contributed by atoms with E-state index in [0.717, 1.165) is 25.7 Å². The van der Waals surface area contributed by atoms with E-state index in [4.69, 9.17) is 9.47 Å². The van der Waals surface area contributed by atoms with Gasteiger partial charge in [0.25, 0.3) is 0 Å². The molecule has 0 atom stereocenters. The highest BCUT2D eigenvalue weighted by Gasteiger charge is 2.41. The molecule has 0 saturated heterocycles.